The number of hydrazone groups is 1. The number of nitrogens with zero attached hydrogens (tertiary/aromatic N) is 2. The molecule has 30 heavy (non-hydrogen) atoms. The van der Waals surface area contributed by atoms with Gasteiger partial charge in [-0.25, -0.2) is 10.4 Å². The van der Waals surface area contributed by atoms with Crippen molar-refractivity contribution in [1.29, 1.82) is 0 Å². The van der Waals surface area contributed by atoms with Crippen LogP contribution in [-0.2, 0) is 4.79 Å². The van der Waals surface area contributed by atoms with E-state index in [1.54, 1.807) is 0 Å². The molecule has 6 nitrogen and oxygen atoms in total. The molecule has 3 aromatic carbocycles. The molecule has 1 atom stereocenters. The SMILES string of the molecule is O=C(CSc1nc2ccccc2[nH]1)N/N=C(/c1ccccc1)[C@H](O)c1ccccc1. The number of carbonyl (C=O) groups excluding carboxylic acids is 1. The fourth-order valence-electron chi connectivity index (χ4n) is 2.97. The number of aromatic amines is 1. The fraction of sp³-hybridized carbons (Fsp3) is 0.0870. The number of nitrogens with one attached hydrogen (secondary N) is 2. The molecule has 3 N–H and O–H groups in total. The molecule has 0 saturated carbocycles. The quantitative estimate of drug-likeness (QED) is 0.242. The highest BCUT2D eigenvalue weighted by Crippen LogP contribution is 2.20. The summed E-state index contributed by atoms with van der Waals surface area (Å²) < 4.78 is 0. The summed E-state index contributed by atoms with van der Waals surface area (Å²) >= 11 is 1.30. The topological polar surface area (TPSA) is 90.4 Å². The average Bonchev–Trinajstić information content (AvgIpc) is 3.22. The van der Waals surface area contributed by atoms with Crippen LogP contribution in [0.5, 0.6) is 0 Å². The number of hydrogen-bond acceptors (Lipinski definition) is 5. The van der Waals surface area contributed by atoms with Crippen molar-refractivity contribution in [2.45, 2.75) is 11.3 Å². The van der Waals surface area contributed by atoms with Crippen LogP contribution in [0.1, 0.15) is 17.2 Å². The third-order valence-electron chi connectivity index (χ3n) is 4.45. The third-order valence-corrected chi connectivity index (χ3v) is 5.33. The van der Waals surface area contributed by atoms with E-state index in [0.29, 0.717) is 16.4 Å². The van der Waals surface area contributed by atoms with Crippen LogP contribution < -0.4 is 5.43 Å². The van der Waals surface area contributed by atoms with Gasteiger partial charge < -0.3 is 10.1 Å². The fourth-order valence-corrected chi connectivity index (χ4v) is 3.65. The van der Waals surface area contributed by atoms with Gasteiger partial charge in [-0.1, -0.05) is 84.6 Å². The Hall–Kier alpha value is -3.42. The Morgan fingerprint density at radius 3 is 2.40 bits per heavy atom. The second kappa shape index (κ2) is 9.39. The summed E-state index contributed by atoms with van der Waals surface area (Å²) in [6.07, 6.45) is -0.961. The maximum atomic E-state index is 12.4. The lowest BCUT2D eigenvalue weighted by Gasteiger charge is -2.14. The van der Waals surface area contributed by atoms with E-state index in [1.807, 2.05) is 84.9 Å². The van der Waals surface area contributed by atoms with Crippen molar-refractivity contribution in [2.24, 2.45) is 5.10 Å². The van der Waals surface area contributed by atoms with Gasteiger partial charge in [0.1, 0.15) is 11.8 Å². The number of para-hydroxylation sites is 2. The minimum absolute atomic E-state index is 0.146. The van der Waals surface area contributed by atoms with Crippen molar-refractivity contribution in [3.63, 3.8) is 0 Å². The van der Waals surface area contributed by atoms with E-state index in [0.717, 1.165) is 16.6 Å². The second-order valence-corrected chi connectivity index (χ2v) is 7.52. The molecule has 0 saturated heterocycles. The molecule has 0 aliphatic rings. The maximum absolute atomic E-state index is 12.4. The summed E-state index contributed by atoms with van der Waals surface area (Å²) in [5.41, 5.74) is 6.16. The summed E-state index contributed by atoms with van der Waals surface area (Å²) in [5.74, 6) is -0.138. The van der Waals surface area contributed by atoms with Crippen molar-refractivity contribution < 1.29 is 9.90 Å². The number of fused-ring (bicyclic) bond motifs is 1. The smallest absolute Gasteiger partial charge is 0.250 e. The molecular weight excluding hydrogens is 396 g/mol. The number of imidazole rings is 1. The summed E-state index contributed by atoms with van der Waals surface area (Å²) in [7, 11) is 0. The number of hydrogen-bond donors (Lipinski definition) is 3. The zero-order valence-electron chi connectivity index (χ0n) is 16.0. The Labute approximate surface area is 178 Å². The third kappa shape index (κ3) is 4.76. The van der Waals surface area contributed by atoms with Gasteiger partial charge in [0.25, 0.3) is 5.91 Å². The Bertz CT molecular complexity index is 1130. The number of aromatic nitrogens is 2. The molecule has 0 aliphatic heterocycles. The van der Waals surface area contributed by atoms with Crippen molar-refractivity contribution in [3.8, 4) is 0 Å². The lowest BCUT2D eigenvalue weighted by atomic mass is 9.99. The summed E-state index contributed by atoms with van der Waals surface area (Å²) in [5, 5.41) is 15.8. The molecule has 0 unspecified atom stereocenters. The number of aliphatic hydroxyl groups is 1. The summed E-state index contributed by atoms with van der Waals surface area (Å²) in [4.78, 5) is 20.0. The predicted molar refractivity (Wildman–Crippen MR) is 119 cm³/mol. The van der Waals surface area contributed by atoms with Gasteiger partial charge in [-0.2, -0.15) is 5.10 Å². The standard InChI is InChI=1S/C23H20N4O2S/c28-20(15-30-23-24-18-13-7-8-14-19(18)25-23)26-27-21(16-9-3-1-4-10-16)22(29)17-11-5-2-6-12-17/h1-14,22,29H,15H2,(H,24,25)(H,26,28)/b27-21-/t22-/m1/s1. The Kier molecular flexibility index (Phi) is 6.22. The zero-order valence-corrected chi connectivity index (χ0v) is 16.8. The van der Waals surface area contributed by atoms with Crippen LogP contribution in [0.3, 0.4) is 0 Å². The molecule has 1 heterocycles. The van der Waals surface area contributed by atoms with Gasteiger partial charge in [0.05, 0.1) is 16.8 Å². The van der Waals surface area contributed by atoms with Crippen molar-refractivity contribution in [2.75, 3.05) is 5.75 Å². The molecule has 0 bridgehead atoms. The molecule has 1 aromatic heterocycles. The number of H-pyrrole nitrogens is 1. The number of benzene rings is 3. The van der Waals surface area contributed by atoms with Gasteiger partial charge >= 0.3 is 0 Å². The largest absolute Gasteiger partial charge is 0.382 e. The van der Waals surface area contributed by atoms with Crippen molar-refractivity contribution in [1.82, 2.24) is 15.4 Å². The zero-order chi connectivity index (χ0) is 20.8. The highest BCUT2D eigenvalue weighted by molar-refractivity contribution is 7.99. The van der Waals surface area contributed by atoms with Gasteiger partial charge in [0, 0.05) is 5.56 Å². The van der Waals surface area contributed by atoms with Crippen LogP contribution in [0.25, 0.3) is 11.0 Å². The van der Waals surface area contributed by atoms with E-state index in [1.165, 1.54) is 11.8 Å². The van der Waals surface area contributed by atoms with Gasteiger partial charge in [-0.05, 0) is 17.7 Å². The molecule has 0 fully saturated rings. The van der Waals surface area contributed by atoms with E-state index >= 15 is 0 Å². The molecule has 0 aliphatic carbocycles. The highest BCUT2D eigenvalue weighted by Gasteiger charge is 2.18. The number of thioether (sulfide) groups is 1. The Morgan fingerprint density at radius 2 is 1.67 bits per heavy atom. The van der Waals surface area contributed by atoms with Gasteiger partial charge in [0.15, 0.2) is 5.16 Å². The van der Waals surface area contributed by atoms with Crippen LogP contribution in [0.2, 0.25) is 0 Å². The van der Waals surface area contributed by atoms with Gasteiger partial charge in [-0.15, -0.1) is 0 Å². The molecule has 0 radical (unpaired) electrons. The lowest BCUT2D eigenvalue weighted by Crippen LogP contribution is -2.24. The van der Waals surface area contributed by atoms with Crippen LogP contribution in [0, 0.1) is 0 Å². The maximum Gasteiger partial charge on any atom is 0.250 e. The first-order chi connectivity index (χ1) is 14.7. The number of rotatable bonds is 7. The van der Waals surface area contributed by atoms with Crippen LogP contribution in [0.15, 0.2) is 95.2 Å². The van der Waals surface area contributed by atoms with E-state index in [2.05, 4.69) is 20.5 Å². The highest BCUT2D eigenvalue weighted by atomic mass is 32.2. The number of aliphatic hydroxyl groups excluding tert-OH is 1. The monoisotopic (exact) mass is 416 g/mol. The summed E-state index contributed by atoms with van der Waals surface area (Å²) in [6, 6.07) is 26.2. The minimum Gasteiger partial charge on any atom is -0.382 e. The molecule has 1 amide bonds. The van der Waals surface area contributed by atoms with Crippen molar-refractivity contribution >= 4 is 34.4 Å². The van der Waals surface area contributed by atoms with E-state index in [-0.39, 0.29) is 11.7 Å². The van der Waals surface area contributed by atoms with Crippen LogP contribution in [-0.4, -0.2) is 32.4 Å². The lowest BCUT2D eigenvalue weighted by molar-refractivity contribution is -0.118. The van der Waals surface area contributed by atoms with Crippen molar-refractivity contribution in [3.05, 3.63) is 96.1 Å². The Balaban J connectivity index is 1.46. The summed E-state index contributed by atoms with van der Waals surface area (Å²) in [6.45, 7) is 0. The van der Waals surface area contributed by atoms with Crippen LogP contribution >= 0.6 is 11.8 Å². The molecular formula is C23H20N4O2S. The van der Waals surface area contributed by atoms with E-state index in [4.69, 9.17) is 0 Å². The predicted octanol–water partition coefficient (Wildman–Crippen LogP) is 3.91. The molecule has 4 aromatic rings. The molecule has 0 spiro atoms. The second-order valence-electron chi connectivity index (χ2n) is 6.56. The van der Waals surface area contributed by atoms with E-state index < -0.39 is 6.10 Å². The average molecular weight is 417 g/mol. The first kappa shape index (κ1) is 19.9. The van der Waals surface area contributed by atoms with Crippen LogP contribution in [0.4, 0.5) is 0 Å². The van der Waals surface area contributed by atoms with E-state index in [9.17, 15) is 9.90 Å². The van der Waals surface area contributed by atoms with Gasteiger partial charge in [-0.3, -0.25) is 4.79 Å². The normalized spacial score (nSPS) is 12.6. The number of carbonyl (C=O) groups is 1. The molecule has 4 rings (SSSR count). The molecule has 7 heteroatoms. The first-order valence-electron chi connectivity index (χ1n) is 9.43. The molecule has 150 valence electrons. The Morgan fingerprint density at radius 1 is 1.00 bits per heavy atom. The first-order valence-corrected chi connectivity index (χ1v) is 10.4. The minimum atomic E-state index is -0.961. The van der Waals surface area contributed by atoms with Gasteiger partial charge in [0.2, 0.25) is 0 Å². The number of amides is 1.